The standard InChI is InChI=1S/C22H10Cl2F7O8PS3/c23-41(32,33)17-9-12(4-6-15(17)38-21(29)19(25)26)40(11-2-1-3-14(8-11)43(31,36)37)13-5-7-16(39-22(30)20(27)28)18(10-13)42(24,34)35/h1-10H. The normalized spacial score (nSPS) is 12.1. The molecule has 0 aliphatic heterocycles. The van der Waals surface area contributed by atoms with Crippen LogP contribution in [0.2, 0.25) is 0 Å². The number of benzene rings is 3. The van der Waals surface area contributed by atoms with Crippen LogP contribution in [0.5, 0.6) is 11.5 Å². The molecule has 0 aromatic heterocycles. The van der Waals surface area contributed by atoms with Gasteiger partial charge in [-0.2, -0.15) is 34.8 Å². The summed E-state index contributed by atoms with van der Waals surface area (Å²) in [6, 6.07) is 3.57. The van der Waals surface area contributed by atoms with Crippen LogP contribution in [0.3, 0.4) is 0 Å². The highest BCUT2D eigenvalue weighted by Crippen LogP contribution is 2.40. The van der Waals surface area contributed by atoms with Crippen molar-refractivity contribution in [2.45, 2.75) is 14.7 Å². The molecular weight excluding hydrogens is 723 g/mol. The van der Waals surface area contributed by atoms with Crippen LogP contribution < -0.4 is 25.4 Å². The Hall–Kier alpha value is -2.89. The van der Waals surface area contributed by atoms with Gasteiger partial charge in [0.1, 0.15) is 21.3 Å². The minimum absolute atomic E-state index is 0.131. The molecule has 8 nitrogen and oxygen atoms in total. The topological polar surface area (TPSA) is 121 Å². The van der Waals surface area contributed by atoms with E-state index in [-0.39, 0.29) is 15.9 Å². The Morgan fingerprint density at radius 1 is 0.605 bits per heavy atom. The van der Waals surface area contributed by atoms with E-state index in [2.05, 4.69) is 9.47 Å². The molecule has 0 unspecified atom stereocenters. The first-order valence-electron chi connectivity index (χ1n) is 10.5. The Bertz CT molecular complexity index is 1880. The summed E-state index contributed by atoms with van der Waals surface area (Å²) in [7, 11) is -6.79. The number of rotatable bonds is 10. The Morgan fingerprint density at radius 2 is 1.00 bits per heavy atom. The van der Waals surface area contributed by atoms with Gasteiger partial charge in [-0.15, -0.1) is 3.89 Å². The van der Waals surface area contributed by atoms with Gasteiger partial charge in [0.2, 0.25) is 0 Å². The summed E-state index contributed by atoms with van der Waals surface area (Å²) >= 11 is 0. The van der Waals surface area contributed by atoms with Crippen molar-refractivity contribution in [3.63, 3.8) is 0 Å². The van der Waals surface area contributed by atoms with E-state index < -0.39 is 86.6 Å². The summed E-state index contributed by atoms with van der Waals surface area (Å²) in [5.74, 6) is -2.05. The minimum Gasteiger partial charge on any atom is -0.426 e. The van der Waals surface area contributed by atoms with Crippen molar-refractivity contribution in [1.29, 1.82) is 0 Å². The van der Waals surface area contributed by atoms with E-state index in [4.69, 9.17) is 21.4 Å². The first-order valence-corrected chi connectivity index (χ1v) is 17.8. The lowest BCUT2D eigenvalue weighted by Gasteiger charge is -2.22. The van der Waals surface area contributed by atoms with Gasteiger partial charge in [-0.1, -0.05) is 24.3 Å². The molecule has 0 heterocycles. The fourth-order valence-corrected chi connectivity index (χ4v) is 8.40. The molecule has 0 atom stereocenters. The number of hydrogen-bond acceptors (Lipinski definition) is 8. The SMILES string of the molecule is O=S(=O)(F)c1cccc(P(c2ccc(OC(F)=C(F)F)c(S(=O)(=O)Cl)c2)c2ccc(OC(F)=C(F)F)c(S(=O)(=O)Cl)c2)c1. The first kappa shape index (κ1) is 34.6. The monoisotopic (exact) mass is 732 g/mol. The second-order valence-electron chi connectivity index (χ2n) is 7.68. The highest BCUT2D eigenvalue weighted by atomic mass is 35.7. The van der Waals surface area contributed by atoms with Gasteiger partial charge in [0, 0.05) is 21.4 Å². The molecule has 3 rings (SSSR count). The third-order valence-corrected chi connectivity index (χ3v) is 10.8. The predicted molar refractivity (Wildman–Crippen MR) is 141 cm³/mol. The van der Waals surface area contributed by atoms with Gasteiger partial charge in [0.05, 0.1) is 4.90 Å². The van der Waals surface area contributed by atoms with Crippen molar-refractivity contribution in [3.05, 3.63) is 84.9 Å². The molecule has 0 saturated heterocycles. The van der Waals surface area contributed by atoms with E-state index in [0.717, 1.165) is 30.3 Å². The molecule has 21 heteroatoms. The summed E-state index contributed by atoms with van der Waals surface area (Å²) in [6.45, 7) is 0. The smallest absolute Gasteiger partial charge is 0.344 e. The molecule has 0 aliphatic carbocycles. The lowest BCUT2D eigenvalue weighted by atomic mass is 10.3. The molecule has 0 radical (unpaired) electrons. The van der Waals surface area contributed by atoms with Crippen LogP contribution in [0.25, 0.3) is 0 Å². The third-order valence-electron chi connectivity index (χ3n) is 4.95. The quantitative estimate of drug-likeness (QED) is 0.111. The molecule has 43 heavy (non-hydrogen) atoms. The fraction of sp³-hybridized carbons (Fsp3) is 0. The largest absolute Gasteiger partial charge is 0.426 e. The Kier molecular flexibility index (Phi) is 10.5. The molecule has 0 bridgehead atoms. The summed E-state index contributed by atoms with van der Waals surface area (Å²) in [4.78, 5) is -3.06. The fourth-order valence-electron chi connectivity index (χ4n) is 3.31. The highest BCUT2D eigenvalue weighted by Gasteiger charge is 2.28. The van der Waals surface area contributed by atoms with Crippen molar-refractivity contribution < 1.29 is 65.0 Å². The molecule has 0 saturated carbocycles. The minimum atomic E-state index is -5.34. The molecule has 0 spiro atoms. The Balaban J connectivity index is 2.40. The molecule has 3 aromatic rings. The number of ether oxygens (including phenoxy) is 2. The lowest BCUT2D eigenvalue weighted by molar-refractivity contribution is 0.237. The van der Waals surface area contributed by atoms with Gasteiger partial charge in [0.15, 0.2) is 0 Å². The van der Waals surface area contributed by atoms with E-state index in [0.29, 0.717) is 24.3 Å². The Labute approximate surface area is 248 Å². The van der Waals surface area contributed by atoms with Crippen molar-refractivity contribution in [1.82, 2.24) is 0 Å². The van der Waals surface area contributed by atoms with Crippen LogP contribution in [0.15, 0.2) is 99.5 Å². The van der Waals surface area contributed by atoms with Crippen LogP contribution in [-0.2, 0) is 28.3 Å². The first-order chi connectivity index (χ1) is 19.7. The zero-order valence-electron chi connectivity index (χ0n) is 20.1. The van der Waals surface area contributed by atoms with E-state index >= 15 is 0 Å². The van der Waals surface area contributed by atoms with E-state index in [1.807, 2.05) is 0 Å². The second kappa shape index (κ2) is 13.0. The van der Waals surface area contributed by atoms with Gasteiger partial charge in [-0.05, 0) is 60.2 Å². The van der Waals surface area contributed by atoms with E-state index in [9.17, 15) is 55.5 Å². The average molecular weight is 733 g/mol. The second-order valence-corrected chi connectivity index (χ2v) is 16.3. The predicted octanol–water partition coefficient (Wildman–Crippen LogP) is 5.79. The maximum absolute atomic E-state index is 13.8. The van der Waals surface area contributed by atoms with Crippen LogP contribution in [0.4, 0.5) is 30.2 Å². The van der Waals surface area contributed by atoms with Gasteiger partial charge >= 0.3 is 34.4 Å². The molecule has 0 fully saturated rings. The maximum atomic E-state index is 13.8. The molecule has 0 aliphatic rings. The van der Waals surface area contributed by atoms with Crippen molar-refractivity contribution in [3.8, 4) is 11.5 Å². The van der Waals surface area contributed by atoms with Gasteiger partial charge in [-0.3, -0.25) is 0 Å². The Morgan fingerprint density at radius 3 is 1.35 bits per heavy atom. The van der Waals surface area contributed by atoms with Gasteiger partial charge < -0.3 is 9.47 Å². The molecule has 0 amide bonds. The third kappa shape index (κ3) is 8.61. The van der Waals surface area contributed by atoms with Crippen LogP contribution in [0.1, 0.15) is 0 Å². The summed E-state index contributed by atoms with van der Waals surface area (Å²) in [6.07, 6.45) is -5.91. The average Bonchev–Trinajstić information content (AvgIpc) is 2.88. The molecule has 3 aromatic carbocycles. The van der Waals surface area contributed by atoms with E-state index in [1.165, 1.54) is 6.07 Å². The molecule has 232 valence electrons. The zero-order valence-corrected chi connectivity index (χ0v) is 25.0. The zero-order chi connectivity index (χ0) is 32.5. The van der Waals surface area contributed by atoms with Crippen LogP contribution in [-0.4, -0.2) is 25.3 Å². The van der Waals surface area contributed by atoms with Crippen LogP contribution >= 0.6 is 29.3 Å². The summed E-state index contributed by atoms with van der Waals surface area (Å²) < 4.78 is 172. The van der Waals surface area contributed by atoms with Gasteiger partial charge in [-0.25, -0.2) is 16.8 Å². The van der Waals surface area contributed by atoms with Crippen molar-refractivity contribution in [2.24, 2.45) is 0 Å². The van der Waals surface area contributed by atoms with Crippen molar-refractivity contribution >= 4 is 73.5 Å². The maximum Gasteiger partial charge on any atom is 0.344 e. The lowest BCUT2D eigenvalue weighted by Crippen LogP contribution is -2.23. The molecular formula is C22H10Cl2F7O8PS3. The summed E-state index contributed by atoms with van der Waals surface area (Å²) in [5.41, 5.74) is 0. The van der Waals surface area contributed by atoms with Crippen LogP contribution in [0, 0.1) is 0 Å². The van der Waals surface area contributed by atoms with Crippen molar-refractivity contribution in [2.75, 3.05) is 0 Å². The highest BCUT2D eigenvalue weighted by molar-refractivity contribution is 8.14. The summed E-state index contributed by atoms with van der Waals surface area (Å²) in [5, 5.41) is -0.534. The number of halogens is 9. The van der Waals surface area contributed by atoms with Gasteiger partial charge in [0.25, 0.3) is 18.1 Å². The van der Waals surface area contributed by atoms with E-state index in [1.54, 1.807) is 0 Å². The number of hydrogen-bond donors (Lipinski definition) is 0. The molecule has 0 N–H and O–H groups in total.